The van der Waals surface area contributed by atoms with Crippen molar-refractivity contribution in [2.75, 3.05) is 36.0 Å². The molecule has 1 aliphatic rings. The molecule has 0 bridgehead atoms. The van der Waals surface area contributed by atoms with Crippen molar-refractivity contribution in [1.82, 2.24) is 15.0 Å². The van der Waals surface area contributed by atoms with Crippen LogP contribution in [0.25, 0.3) is 0 Å². The molecule has 1 fully saturated rings. The summed E-state index contributed by atoms with van der Waals surface area (Å²) >= 11 is 0. The number of carbonyl (C=O) groups is 1. The first-order chi connectivity index (χ1) is 14.0. The number of halogens is 1. The molecule has 29 heavy (non-hydrogen) atoms. The standard InChI is InChI=1S/C17H18FN9O2/c18-13-12(8-29-17(28)25-15(20)21)2-1-11(7-19)14(13)26-3-5-27(6-4-26)16-23-9-22-10-24-16/h1-2,9-10H,3-6,8H2,(H4,20,21,25,28). The van der Waals surface area contributed by atoms with Gasteiger partial charge in [-0.15, -0.1) is 4.99 Å². The number of rotatable bonds is 4. The van der Waals surface area contributed by atoms with E-state index in [1.54, 1.807) is 4.90 Å². The first-order valence-corrected chi connectivity index (χ1v) is 8.59. The fraction of sp³-hybridized carbons (Fsp3) is 0.294. The molecule has 1 aromatic carbocycles. The first kappa shape index (κ1) is 19.7. The van der Waals surface area contributed by atoms with Gasteiger partial charge in [-0.25, -0.2) is 24.1 Å². The van der Waals surface area contributed by atoms with Crippen LogP contribution in [0, 0.1) is 17.1 Å². The molecule has 0 radical (unpaired) electrons. The van der Waals surface area contributed by atoms with E-state index in [4.69, 9.17) is 16.2 Å². The average molecular weight is 399 g/mol. The summed E-state index contributed by atoms with van der Waals surface area (Å²) in [7, 11) is 0. The number of amides is 1. The molecule has 0 saturated carbocycles. The number of carbonyl (C=O) groups excluding carboxylic acids is 1. The molecule has 0 spiro atoms. The minimum Gasteiger partial charge on any atom is -0.443 e. The largest absolute Gasteiger partial charge is 0.443 e. The van der Waals surface area contributed by atoms with Gasteiger partial charge in [-0.2, -0.15) is 5.26 Å². The van der Waals surface area contributed by atoms with Gasteiger partial charge in [-0.05, 0) is 6.07 Å². The molecular formula is C17H18FN9O2. The van der Waals surface area contributed by atoms with Gasteiger partial charge in [0.05, 0.1) is 11.3 Å². The van der Waals surface area contributed by atoms with Crippen LogP contribution in [0.3, 0.4) is 0 Å². The predicted molar refractivity (Wildman–Crippen MR) is 101 cm³/mol. The zero-order valence-electron chi connectivity index (χ0n) is 15.3. The summed E-state index contributed by atoms with van der Waals surface area (Å²) in [5.41, 5.74) is 10.7. The number of guanidine groups is 1. The van der Waals surface area contributed by atoms with E-state index in [-0.39, 0.29) is 23.4 Å². The summed E-state index contributed by atoms with van der Waals surface area (Å²) in [5, 5.41) is 9.40. The first-order valence-electron chi connectivity index (χ1n) is 8.59. The highest BCUT2D eigenvalue weighted by atomic mass is 19.1. The van der Waals surface area contributed by atoms with Crippen LogP contribution in [0.2, 0.25) is 0 Å². The number of aromatic nitrogens is 3. The Bertz CT molecular complexity index is 949. The lowest BCUT2D eigenvalue weighted by Crippen LogP contribution is -2.47. The van der Waals surface area contributed by atoms with Gasteiger partial charge in [-0.1, -0.05) is 6.07 Å². The lowest BCUT2D eigenvalue weighted by molar-refractivity contribution is 0.149. The van der Waals surface area contributed by atoms with Crippen LogP contribution >= 0.6 is 0 Å². The minimum atomic E-state index is -1.03. The number of nitrogens with two attached hydrogens (primary N) is 2. The lowest BCUT2D eigenvalue weighted by atomic mass is 10.1. The molecule has 2 aromatic rings. The Hall–Kier alpha value is -4.01. The van der Waals surface area contributed by atoms with Gasteiger partial charge in [0.25, 0.3) is 0 Å². The van der Waals surface area contributed by atoms with Gasteiger partial charge in [0, 0.05) is 31.7 Å². The molecule has 1 aliphatic heterocycles. The van der Waals surface area contributed by atoms with Gasteiger partial charge in [0.1, 0.15) is 25.3 Å². The topological polar surface area (TPSA) is 160 Å². The number of ether oxygens (including phenoxy) is 1. The molecule has 11 nitrogen and oxygen atoms in total. The Balaban J connectivity index is 1.76. The van der Waals surface area contributed by atoms with Crippen LogP contribution in [-0.2, 0) is 11.3 Å². The smallest absolute Gasteiger partial charge is 0.437 e. The van der Waals surface area contributed by atoms with E-state index in [9.17, 15) is 10.1 Å². The number of aliphatic imine (C=N–C) groups is 1. The summed E-state index contributed by atoms with van der Waals surface area (Å²) in [6.07, 6.45) is 1.80. The number of hydrogen-bond donors (Lipinski definition) is 2. The average Bonchev–Trinajstić information content (AvgIpc) is 2.73. The molecule has 1 saturated heterocycles. The van der Waals surface area contributed by atoms with Gasteiger partial charge in [0.2, 0.25) is 5.95 Å². The van der Waals surface area contributed by atoms with Crippen LogP contribution < -0.4 is 21.3 Å². The van der Waals surface area contributed by atoms with E-state index in [2.05, 4.69) is 19.9 Å². The summed E-state index contributed by atoms with van der Waals surface area (Å²) in [6.45, 7) is 1.62. The zero-order valence-corrected chi connectivity index (χ0v) is 15.3. The molecule has 0 unspecified atom stereocenters. The maximum atomic E-state index is 15.1. The molecule has 4 N–H and O–H groups in total. The number of anilines is 2. The highest BCUT2D eigenvalue weighted by Crippen LogP contribution is 2.29. The van der Waals surface area contributed by atoms with Crippen molar-refractivity contribution in [1.29, 1.82) is 5.26 Å². The van der Waals surface area contributed by atoms with Gasteiger partial charge < -0.3 is 26.0 Å². The Kier molecular flexibility index (Phi) is 5.98. The van der Waals surface area contributed by atoms with Crippen LogP contribution in [0.4, 0.5) is 20.8 Å². The maximum Gasteiger partial charge on any atom is 0.437 e. The molecule has 150 valence electrons. The van der Waals surface area contributed by atoms with Gasteiger partial charge >= 0.3 is 6.09 Å². The van der Waals surface area contributed by atoms with Crippen molar-refractivity contribution in [3.8, 4) is 6.07 Å². The number of benzene rings is 1. The second kappa shape index (κ2) is 8.79. The second-order valence-electron chi connectivity index (χ2n) is 6.05. The minimum absolute atomic E-state index is 0.109. The number of nitrogens with zero attached hydrogens (tertiary/aromatic N) is 7. The monoisotopic (exact) mass is 399 g/mol. The second-order valence-corrected chi connectivity index (χ2v) is 6.05. The summed E-state index contributed by atoms with van der Waals surface area (Å²) in [4.78, 5) is 30.4. The fourth-order valence-corrected chi connectivity index (χ4v) is 2.92. The molecular weight excluding hydrogens is 381 g/mol. The van der Waals surface area contributed by atoms with Crippen molar-refractivity contribution in [2.24, 2.45) is 16.5 Å². The van der Waals surface area contributed by atoms with Crippen molar-refractivity contribution in [2.45, 2.75) is 6.61 Å². The van der Waals surface area contributed by atoms with Crippen molar-refractivity contribution in [3.63, 3.8) is 0 Å². The van der Waals surface area contributed by atoms with E-state index in [1.807, 2.05) is 11.0 Å². The third kappa shape index (κ3) is 4.64. The van der Waals surface area contributed by atoms with Crippen molar-refractivity contribution < 1.29 is 13.9 Å². The Labute approximate surface area is 165 Å². The maximum absolute atomic E-state index is 15.1. The third-order valence-electron chi connectivity index (χ3n) is 4.25. The van der Waals surface area contributed by atoms with Gasteiger partial charge in [0.15, 0.2) is 11.8 Å². The number of hydrogen-bond acceptors (Lipinski definition) is 8. The van der Waals surface area contributed by atoms with E-state index in [1.165, 1.54) is 24.8 Å². The zero-order chi connectivity index (χ0) is 20.8. The quantitative estimate of drug-likeness (QED) is 0.534. The van der Waals surface area contributed by atoms with Crippen molar-refractivity contribution in [3.05, 3.63) is 41.7 Å². The number of nitriles is 1. The van der Waals surface area contributed by atoms with Crippen LogP contribution in [0.15, 0.2) is 29.8 Å². The molecule has 0 atom stereocenters. The highest BCUT2D eigenvalue weighted by Gasteiger charge is 2.25. The van der Waals surface area contributed by atoms with Crippen LogP contribution in [-0.4, -0.2) is 53.2 Å². The Morgan fingerprint density at radius 3 is 2.48 bits per heavy atom. The molecule has 2 heterocycles. The van der Waals surface area contributed by atoms with Crippen LogP contribution in [0.5, 0.6) is 0 Å². The van der Waals surface area contributed by atoms with E-state index < -0.39 is 17.9 Å². The normalized spacial score (nSPS) is 13.5. The molecule has 12 heteroatoms. The van der Waals surface area contributed by atoms with Crippen LogP contribution in [0.1, 0.15) is 11.1 Å². The Morgan fingerprint density at radius 1 is 1.21 bits per heavy atom. The third-order valence-corrected chi connectivity index (χ3v) is 4.25. The lowest BCUT2D eigenvalue weighted by Gasteiger charge is -2.36. The van der Waals surface area contributed by atoms with Gasteiger partial charge in [-0.3, -0.25) is 0 Å². The SMILES string of the molecule is N#Cc1ccc(COC(=O)N=C(N)N)c(F)c1N1CCN(c2ncncn2)CC1. The highest BCUT2D eigenvalue weighted by molar-refractivity contribution is 5.87. The summed E-state index contributed by atoms with van der Waals surface area (Å²) in [5.74, 6) is -0.539. The summed E-state index contributed by atoms with van der Waals surface area (Å²) < 4.78 is 20.0. The van der Waals surface area contributed by atoms with E-state index >= 15 is 4.39 Å². The molecule has 3 rings (SSSR count). The fourth-order valence-electron chi connectivity index (χ4n) is 2.92. The van der Waals surface area contributed by atoms with Crippen molar-refractivity contribution >= 4 is 23.7 Å². The molecule has 1 aromatic heterocycles. The summed E-state index contributed by atoms with van der Waals surface area (Å²) in [6, 6.07) is 4.88. The number of piperazine rings is 1. The predicted octanol–water partition coefficient (Wildman–Crippen LogP) is 0.119. The molecule has 0 aliphatic carbocycles. The Morgan fingerprint density at radius 2 is 1.86 bits per heavy atom. The van der Waals surface area contributed by atoms with E-state index in [0.717, 1.165) is 0 Å². The van der Waals surface area contributed by atoms with E-state index in [0.29, 0.717) is 32.1 Å². The molecule has 1 amide bonds.